The van der Waals surface area contributed by atoms with Gasteiger partial charge in [-0.05, 0) is 25.5 Å². The molecular weight excluding hydrogens is 354 g/mol. The van der Waals surface area contributed by atoms with Crippen molar-refractivity contribution in [2.45, 2.75) is 20.3 Å². The maximum absolute atomic E-state index is 11.0. The van der Waals surface area contributed by atoms with Crippen LogP contribution in [-0.2, 0) is 6.42 Å². The molecule has 3 rings (SSSR count). The molecule has 0 aliphatic carbocycles. The van der Waals surface area contributed by atoms with Crippen molar-refractivity contribution in [1.82, 2.24) is 9.97 Å². The zero-order chi connectivity index (χ0) is 19.9. The van der Waals surface area contributed by atoms with Crippen molar-refractivity contribution in [3.63, 3.8) is 0 Å². The van der Waals surface area contributed by atoms with Crippen molar-refractivity contribution in [3.8, 4) is 0 Å². The Morgan fingerprint density at radius 2 is 1.75 bits per heavy atom. The van der Waals surface area contributed by atoms with Crippen molar-refractivity contribution < 1.29 is 4.92 Å². The van der Waals surface area contributed by atoms with Gasteiger partial charge in [0.2, 0.25) is 5.95 Å². The van der Waals surface area contributed by atoms with E-state index >= 15 is 0 Å². The Morgan fingerprint density at radius 1 is 1.00 bits per heavy atom. The Morgan fingerprint density at radius 3 is 2.43 bits per heavy atom. The van der Waals surface area contributed by atoms with E-state index in [1.807, 2.05) is 24.3 Å². The summed E-state index contributed by atoms with van der Waals surface area (Å²) in [5.74, 6) is 1.26. The Balaban J connectivity index is 1.94. The van der Waals surface area contributed by atoms with Gasteiger partial charge in [-0.2, -0.15) is 4.98 Å². The normalized spacial score (nSPS) is 10.5. The Bertz CT molecular complexity index is 943. The summed E-state index contributed by atoms with van der Waals surface area (Å²) in [5, 5.41) is 14.1. The Labute approximate surface area is 164 Å². The molecule has 144 valence electrons. The molecule has 0 fully saturated rings. The van der Waals surface area contributed by atoms with Gasteiger partial charge in [0.1, 0.15) is 5.82 Å². The third kappa shape index (κ3) is 4.82. The molecule has 3 aromatic rings. The molecule has 1 N–H and O–H groups in total. The number of anilines is 3. The van der Waals surface area contributed by atoms with Crippen LogP contribution in [0.15, 0.2) is 60.7 Å². The molecule has 1 aromatic heterocycles. The first-order chi connectivity index (χ1) is 13.6. The second kappa shape index (κ2) is 8.94. The number of nitro groups is 1. The number of rotatable bonds is 8. The highest BCUT2D eigenvalue weighted by Crippen LogP contribution is 2.23. The number of nitro benzene ring substituents is 1. The van der Waals surface area contributed by atoms with E-state index in [4.69, 9.17) is 0 Å². The maximum atomic E-state index is 11.0. The molecule has 0 saturated carbocycles. The molecule has 2 aromatic carbocycles. The van der Waals surface area contributed by atoms with Crippen molar-refractivity contribution in [1.29, 1.82) is 0 Å². The van der Waals surface area contributed by atoms with E-state index in [0.29, 0.717) is 18.1 Å². The molecule has 7 heteroatoms. The Hall–Kier alpha value is -3.48. The molecule has 7 nitrogen and oxygen atoms in total. The second-order valence-electron chi connectivity index (χ2n) is 6.31. The van der Waals surface area contributed by atoms with Gasteiger partial charge in [0.15, 0.2) is 0 Å². The summed E-state index contributed by atoms with van der Waals surface area (Å²) in [6.07, 6.45) is 0.682. The molecule has 1 heterocycles. The van der Waals surface area contributed by atoms with E-state index in [0.717, 1.165) is 30.2 Å². The Kier molecular flexibility index (Phi) is 6.16. The van der Waals surface area contributed by atoms with Gasteiger partial charge in [0, 0.05) is 43.4 Å². The first-order valence-electron chi connectivity index (χ1n) is 9.27. The molecule has 0 aliphatic rings. The molecule has 0 radical (unpaired) electrons. The van der Waals surface area contributed by atoms with E-state index < -0.39 is 4.92 Å². The summed E-state index contributed by atoms with van der Waals surface area (Å²) >= 11 is 0. The summed E-state index contributed by atoms with van der Waals surface area (Å²) < 4.78 is 0. The lowest BCUT2D eigenvalue weighted by molar-refractivity contribution is -0.384. The number of hydrogen-bond donors (Lipinski definition) is 1. The number of non-ortho nitro benzene ring substituents is 1. The molecule has 0 unspecified atom stereocenters. The third-order valence-corrected chi connectivity index (χ3v) is 4.39. The lowest BCUT2D eigenvalue weighted by atomic mass is 10.1. The van der Waals surface area contributed by atoms with Crippen molar-refractivity contribution in [3.05, 3.63) is 82.0 Å². The van der Waals surface area contributed by atoms with Gasteiger partial charge in [-0.25, -0.2) is 4.98 Å². The zero-order valence-electron chi connectivity index (χ0n) is 16.0. The predicted molar refractivity (Wildman–Crippen MR) is 111 cm³/mol. The number of nitrogens with one attached hydrogen (secondary N) is 1. The van der Waals surface area contributed by atoms with Gasteiger partial charge in [0.05, 0.1) is 10.6 Å². The van der Waals surface area contributed by atoms with Gasteiger partial charge in [-0.3, -0.25) is 10.1 Å². The predicted octanol–water partition coefficient (Wildman–Crippen LogP) is 4.57. The summed E-state index contributed by atoms with van der Waals surface area (Å²) in [7, 11) is 0. The summed E-state index contributed by atoms with van der Waals surface area (Å²) in [5.41, 5.74) is 2.65. The van der Waals surface area contributed by atoms with E-state index in [1.165, 1.54) is 12.1 Å². The largest absolute Gasteiger partial charge is 0.357 e. The lowest BCUT2D eigenvalue weighted by Crippen LogP contribution is -2.23. The van der Waals surface area contributed by atoms with Crippen LogP contribution in [0.1, 0.15) is 25.1 Å². The van der Waals surface area contributed by atoms with Crippen LogP contribution in [-0.4, -0.2) is 28.0 Å². The monoisotopic (exact) mass is 377 g/mol. The van der Waals surface area contributed by atoms with Gasteiger partial charge in [-0.15, -0.1) is 0 Å². The molecule has 0 spiro atoms. The van der Waals surface area contributed by atoms with Crippen LogP contribution in [0.5, 0.6) is 0 Å². The third-order valence-electron chi connectivity index (χ3n) is 4.39. The quantitative estimate of drug-likeness (QED) is 0.457. The summed E-state index contributed by atoms with van der Waals surface area (Å²) in [6, 6.07) is 18.5. The fourth-order valence-electron chi connectivity index (χ4n) is 2.97. The van der Waals surface area contributed by atoms with E-state index in [9.17, 15) is 10.1 Å². The van der Waals surface area contributed by atoms with Crippen molar-refractivity contribution >= 4 is 23.1 Å². The first-order valence-corrected chi connectivity index (χ1v) is 9.27. The first kappa shape index (κ1) is 19.3. The van der Waals surface area contributed by atoms with Crippen LogP contribution < -0.4 is 10.2 Å². The van der Waals surface area contributed by atoms with Crippen LogP contribution in [0.4, 0.5) is 23.1 Å². The van der Waals surface area contributed by atoms with Crippen LogP contribution in [0.25, 0.3) is 0 Å². The minimum Gasteiger partial charge on any atom is -0.357 e. The zero-order valence-corrected chi connectivity index (χ0v) is 16.0. The van der Waals surface area contributed by atoms with Gasteiger partial charge >= 0.3 is 0 Å². The smallest absolute Gasteiger partial charge is 0.271 e. The molecular formula is C21H23N5O2. The van der Waals surface area contributed by atoms with Crippen LogP contribution in [0, 0.1) is 10.1 Å². The molecule has 0 atom stereocenters. The molecule has 0 saturated heterocycles. The number of nitrogens with zero attached hydrogens (tertiary/aromatic N) is 4. The average molecular weight is 377 g/mol. The van der Waals surface area contributed by atoms with Gasteiger partial charge < -0.3 is 10.2 Å². The topological polar surface area (TPSA) is 84.2 Å². The van der Waals surface area contributed by atoms with Crippen LogP contribution in [0.3, 0.4) is 0 Å². The molecule has 0 bridgehead atoms. The number of aromatic nitrogens is 2. The van der Waals surface area contributed by atoms with Crippen molar-refractivity contribution in [2.24, 2.45) is 0 Å². The van der Waals surface area contributed by atoms with E-state index in [2.05, 4.69) is 46.2 Å². The van der Waals surface area contributed by atoms with Gasteiger partial charge in [-0.1, -0.05) is 36.4 Å². The number of hydrogen-bond acceptors (Lipinski definition) is 6. The fraction of sp³-hybridized carbons (Fsp3) is 0.238. The van der Waals surface area contributed by atoms with Crippen LogP contribution >= 0.6 is 0 Å². The summed E-state index contributed by atoms with van der Waals surface area (Å²) in [4.78, 5) is 22.0. The highest BCUT2D eigenvalue weighted by molar-refractivity contribution is 5.59. The van der Waals surface area contributed by atoms with E-state index in [-0.39, 0.29) is 5.69 Å². The minimum atomic E-state index is -0.417. The van der Waals surface area contributed by atoms with Crippen LogP contribution in [0.2, 0.25) is 0 Å². The van der Waals surface area contributed by atoms with E-state index in [1.54, 1.807) is 12.1 Å². The molecule has 0 amide bonds. The lowest BCUT2D eigenvalue weighted by Gasteiger charge is -2.21. The number of benzene rings is 2. The molecule has 28 heavy (non-hydrogen) atoms. The highest BCUT2D eigenvalue weighted by Gasteiger charge is 2.12. The highest BCUT2D eigenvalue weighted by atomic mass is 16.6. The molecule has 0 aliphatic heterocycles. The summed E-state index contributed by atoms with van der Waals surface area (Å²) in [6.45, 7) is 5.81. The fourth-order valence-corrected chi connectivity index (χ4v) is 2.97. The average Bonchev–Trinajstić information content (AvgIpc) is 2.70. The minimum absolute atomic E-state index is 0.0226. The van der Waals surface area contributed by atoms with Crippen molar-refractivity contribution in [2.75, 3.05) is 23.3 Å². The standard InChI is InChI=1S/C21H23N5O2/c1-3-25(4-2)20-15-18(13-16-9-6-5-7-10-16)23-21(24-20)22-17-11-8-12-19(14-17)26(27)28/h5-12,14-15H,3-4,13H2,1-2H3,(H,22,23,24). The SMILES string of the molecule is CCN(CC)c1cc(Cc2ccccc2)nc(Nc2cccc([N+](=O)[O-])c2)n1. The van der Waals surface area contributed by atoms with Gasteiger partial charge in [0.25, 0.3) is 5.69 Å². The maximum Gasteiger partial charge on any atom is 0.271 e. The second-order valence-corrected chi connectivity index (χ2v) is 6.31.